The van der Waals surface area contributed by atoms with Gasteiger partial charge in [-0.15, -0.1) is 0 Å². The molecule has 0 atom stereocenters. The number of ether oxygens (including phenoxy) is 2. The van der Waals surface area contributed by atoms with Gasteiger partial charge in [0.2, 0.25) is 0 Å². The lowest BCUT2D eigenvalue weighted by atomic mass is 9.94. The number of allylic oxidation sites excluding steroid dienone is 5. The fourth-order valence-electron chi connectivity index (χ4n) is 2.55. The van der Waals surface area contributed by atoms with E-state index in [1.807, 2.05) is 24.4 Å². The first kappa shape index (κ1) is 17.3. The van der Waals surface area contributed by atoms with Crippen molar-refractivity contribution >= 4 is 22.4 Å². The summed E-state index contributed by atoms with van der Waals surface area (Å²) in [5, 5.41) is 0.946. The Bertz CT molecular complexity index is 825. The first-order valence-electron chi connectivity index (χ1n) is 7.64. The van der Waals surface area contributed by atoms with Crippen LogP contribution in [0.1, 0.15) is 12.5 Å². The van der Waals surface area contributed by atoms with Crippen molar-refractivity contribution in [3.05, 3.63) is 73.0 Å². The SMILES string of the molecule is C=C/C=C(C=C)/C(=C\C(=O)OCC)c1ccc(OC)c2[nH]ccc12. The van der Waals surface area contributed by atoms with E-state index in [9.17, 15) is 4.79 Å². The summed E-state index contributed by atoms with van der Waals surface area (Å²) in [6.07, 6.45) is 8.47. The molecule has 2 rings (SSSR count). The number of carbonyl (C=O) groups excluding carboxylic acids is 1. The smallest absolute Gasteiger partial charge is 0.331 e. The number of hydrogen-bond acceptors (Lipinski definition) is 3. The Kier molecular flexibility index (Phi) is 5.79. The fourth-order valence-corrected chi connectivity index (χ4v) is 2.55. The summed E-state index contributed by atoms with van der Waals surface area (Å²) in [6, 6.07) is 5.73. The summed E-state index contributed by atoms with van der Waals surface area (Å²) in [7, 11) is 1.62. The molecule has 0 aliphatic heterocycles. The van der Waals surface area contributed by atoms with Crippen molar-refractivity contribution in [2.75, 3.05) is 13.7 Å². The quantitative estimate of drug-likeness (QED) is 0.466. The van der Waals surface area contributed by atoms with Crippen molar-refractivity contribution in [3.8, 4) is 5.75 Å². The summed E-state index contributed by atoms with van der Waals surface area (Å²) >= 11 is 0. The predicted octanol–water partition coefficient (Wildman–Crippen LogP) is 4.42. The van der Waals surface area contributed by atoms with E-state index in [0.29, 0.717) is 6.61 Å². The number of hydrogen-bond donors (Lipinski definition) is 1. The molecule has 4 heteroatoms. The lowest BCUT2D eigenvalue weighted by Crippen LogP contribution is -2.02. The molecular formula is C20H21NO3. The molecule has 0 bridgehead atoms. The Morgan fingerprint density at radius 2 is 2.08 bits per heavy atom. The molecule has 2 aromatic rings. The minimum absolute atomic E-state index is 0.319. The standard InChI is InChI=1S/C20H21NO3/c1-5-8-14(6-2)17(13-19(22)24-7-3)15-9-10-18(23-4)20-16(15)11-12-21-20/h5-6,8-13,21H,1-2,7H2,3-4H3/b14-8+,17-13+. The van der Waals surface area contributed by atoms with E-state index in [2.05, 4.69) is 18.1 Å². The van der Waals surface area contributed by atoms with E-state index in [1.54, 1.807) is 32.3 Å². The molecule has 0 amide bonds. The van der Waals surface area contributed by atoms with Crippen LogP contribution in [-0.2, 0) is 9.53 Å². The molecule has 0 fully saturated rings. The minimum atomic E-state index is -0.399. The molecule has 0 aliphatic carbocycles. The molecule has 24 heavy (non-hydrogen) atoms. The van der Waals surface area contributed by atoms with Gasteiger partial charge in [-0.1, -0.05) is 31.4 Å². The second-order valence-electron chi connectivity index (χ2n) is 4.95. The predicted molar refractivity (Wildman–Crippen MR) is 97.9 cm³/mol. The van der Waals surface area contributed by atoms with Gasteiger partial charge >= 0.3 is 5.97 Å². The third-order valence-corrected chi connectivity index (χ3v) is 3.57. The fraction of sp³-hybridized carbons (Fsp3) is 0.150. The highest BCUT2D eigenvalue weighted by Gasteiger charge is 2.14. The van der Waals surface area contributed by atoms with Crippen LogP contribution in [0, 0.1) is 0 Å². The zero-order valence-electron chi connectivity index (χ0n) is 14.0. The maximum atomic E-state index is 12.0. The second kappa shape index (κ2) is 8.02. The van der Waals surface area contributed by atoms with Crippen molar-refractivity contribution in [2.45, 2.75) is 6.92 Å². The molecule has 0 saturated heterocycles. The van der Waals surface area contributed by atoms with Crippen molar-refractivity contribution < 1.29 is 14.3 Å². The highest BCUT2D eigenvalue weighted by molar-refractivity contribution is 6.04. The summed E-state index contributed by atoms with van der Waals surface area (Å²) < 4.78 is 10.5. The van der Waals surface area contributed by atoms with Crippen molar-refractivity contribution in [1.29, 1.82) is 0 Å². The first-order valence-corrected chi connectivity index (χ1v) is 7.64. The Morgan fingerprint density at radius 3 is 2.71 bits per heavy atom. The molecule has 0 radical (unpaired) electrons. The number of fused-ring (bicyclic) bond motifs is 1. The van der Waals surface area contributed by atoms with Crippen LogP contribution < -0.4 is 4.74 Å². The van der Waals surface area contributed by atoms with Crippen molar-refractivity contribution in [3.63, 3.8) is 0 Å². The lowest BCUT2D eigenvalue weighted by Gasteiger charge is -2.12. The number of H-pyrrole nitrogens is 1. The van der Waals surface area contributed by atoms with Gasteiger partial charge in [0, 0.05) is 17.7 Å². The van der Waals surface area contributed by atoms with Gasteiger partial charge in [-0.05, 0) is 41.8 Å². The van der Waals surface area contributed by atoms with Crippen LogP contribution in [0.25, 0.3) is 16.5 Å². The maximum Gasteiger partial charge on any atom is 0.331 e. The number of esters is 1. The Morgan fingerprint density at radius 1 is 1.29 bits per heavy atom. The number of methoxy groups -OCH3 is 1. The molecule has 0 aliphatic rings. The van der Waals surface area contributed by atoms with E-state index in [-0.39, 0.29) is 0 Å². The molecule has 0 saturated carbocycles. The number of aromatic amines is 1. The maximum absolute atomic E-state index is 12.0. The zero-order valence-corrected chi connectivity index (χ0v) is 14.0. The van der Waals surface area contributed by atoms with Gasteiger partial charge in [0.05, 0.1) is 19.2 Å². The van der Waals surface area contributed by atoms with Crippen LogP contribution in [0.2, 0.25) is 0 Å². The van der Waals surface area contributed by atoms with Crippen LogP contribution in [0.15, 0.2) is 67.4 Å². The van der Waals surface area contributed by atoms with Gasteiger partial charge in [-0.25, -0.2) is 4.79 Å². The highest BCUT2D eigenvalue weighted by atomic mass is 16.5. The van der Waals surface area contributed by atoms with Crippen molar-refractivity contribution in [1.82, 2.24) is 4.98 Å². The topological polar surface area (TPSA) is 51.3 Å². The Labute approximate surface area is 141 Å². The molecule has 1 heterocycles. The van der Waals surface area contributed by atoms with Crippen LogP contribution >= 0.6 is 0 Å². The van der Waals surface area contributed by atoms with E-state index in [1.165, 1.54) is 6.08 Å². The summed E-state index contributed by atoms with van der Waals surface area (Å²) in [6.45, 7) is 9.66. The van der Waals surface area contributed by atoms with Gasteiger partial charge in [0.15, 0.2) is 0 Å². The largest absolute Gasteiger partial charge is 0.495 e. The molecule has 0 spiro atoms. The van der Waals surface area contributed by atoms with E-state index >= 15 is 0 Å². The van der Waals surface area contributed by atoms with Crippen LogP contribution in [-0.4, -0.2) is 24.7 Å². The molecule has 1 N–H and O–H groups in total. The summed E-state index contributed by atoms with van der Waals surface area (Å²) in [5.74, 6) is 0.339. The summed E-state index contributed by atoms with van der Waals surface area (Å²) in [5.41, 5.74) is 3.25. The number of nitrogens with one attached hydrogen (secondary N) is 1. The summed E-state index contributed by atoms with van der Waals surface area (Å²) in [4.78, 5) is 15.2. The minimum Gasteiger partial charge on any atom is -0.495 e. The normalized spacial score (nSPS) is 12.1. The number of aromatic nitrogens is 1. The first-order chi connectivity index (χ1) is 11.7. The van der Waals surface area contributed by atoms with Gasteiger partial charge < -0.3 is 14.5 Å². The number of benzene rings is 1. The number of carbonyl (C=O) groups is 1. The average Bonchev–Trinajstić information content (AvgIpc) is 3.07. The molecule has 124 valence electrons. The average molecular weight is 323 g/mol. The highest BCUT2D eigenvalue weighted by Crippen LogP contribution is 2.34. The van der Waals surface area contributed by atoms with Crippen LogP contribution in [0.5, 0.6) is 5.75 Å². The van der Waals surface area contributed by atoms with Gasteiger partial charge in [0.1, 0.15) is 5.75 Å². The van der Waals surface area contributed by atoms with Gasteiger partial charge in [0.25, 0.3) is 0 Å². The molecular weight excluding hydrogens is 302 g/mol. The third-order valence-electron chi connectivity index (χ3n) is 3.57. The van der Waals surface area contributed by atoms with E-state index in [4.69, 9.17) is 9.47 Å². The monoisotopic (exact) mass is 323 g/mol. The Hall–Kier alpha value is -3.01. The third kappa shape index (κ3) is 3.49. The van der Waals surface area contributed by atoms with Crippen molar-refractivity contribution in [2.24, 2.45) is 0 Å². The Balaban J connectivity index is 2.70. The second-order valence-corrected chi connectivity index (χ2v) is 4.95. The molecule has 1 aromatic heterocycles. The lowest BCUT2D eigenvalue weighted by molar-refractivity contribution is -0.137. The van der Waals surface area contributed by atoms with Crippen LogP contribution in [0.3, 0.4) is 0 Å². The zero-order chi connectivity index (χ0) is 17.5. The van der Waals surface area contributed by atoms with Crippen LogP contribution in [0.4, 0.5) is 0 Å². The molecule has 0 unspecified atom stereocenters. The van der Waals surface area contributed by atoms with Gasteiger partial charge in [-0.2, -0.15) is 0 Å². The molecule has 1 aromatic carbocycles. The molecule has 4 nitrogen and oxygen atoms in total. The van der Waals surface area contributed by atoms with E-state index in [0.717, 1.165) is 33.4 Å². The van der Waals surface area contributed by atoms with E-state index < -0.39 is 5.97 Å². The number of rotatable bonds is 7. The van der Waals surface area contributed by atoms with Gasteiger partial charge in [-0.3, -0.25) is 0 Å².